The summed E-state index contributed by atoms with van der Waals surface area (Å²) in [6.07, 6.45) is 3.68. The monoisotopic (exact) mass is 496 g/mol. The Morgan fingerprint density at radius 1 is 0.882 bits per heavy atom. The molecule has 1 N–H and O–H groups in total. The fraction of sp³-hybridized carbons (Fsp3) is 0.296. The van der Waals surface area contributed by atoms with Gasteiger partial charge in [-0.1, -0.05) is 84.6 Å². The van der Waals surface area contributed by atoms with Crippen molar-refractivity contribution in [3.8, 4) is 0 Å². The number of hydrogen-bond donors (Lipinski definition) is 1. The average Bonchev–Trinajstić information content (AvgIpc) is 3.14. The maximum Gasteiger partial charge on any atom is 0.252 e. The van der Waals surface area contributed by atoms with Crippen molar-refractivity contribution >= 4 is 27.5 Å². The predicted octanol–water partition coefficient (Wildman–Crippen LogP) is 5.73. The standard InChI is InChI=1S/C27H29ClN2O3S/c1-20-11-13-22(14-12-20)26(21-9-5-4-6-10-21)29-27(31)23-15-16-24(28)25(19-23)34(32,33)30-17-7-2-3-8-18-30/h4-6,9-16,19,26H,2-3,7-8,17-18H2,1H3,(H,29,31). The maximum absolute atomic E-state index is 13.3. The molecular formula is C27H29ClN2O3S. The minimum absolute atomic E-state index is 0.0182. The first-order valence-electron chi connectivity index (χ1n) is 11.6. The summed E-state index contributed by atoms with van der Waals surface area (Å²) in [7, 11) is -3.79. The van der Waals surface area contributed by atoms with Crippen molar-refractivity contribution in [3.63, 3.8) is 0 Å². The van der Waals surface area contributed by atoms with Crippen molar-refractivity contribution in [2.75, 3.05) is 13.1 Å². The number of nitrogens with zero attached hydrogens (tertiary/aromatic N) is 1. The number of hydrogen-bond acceptors (Lipinski definition) is 3. The number of carbonyl (C=O) groups excluding carboxylic acids is 1. The largest absolute Gasteiger partial charge is 0.341 e. The van der Waals surface area contributed by atoms with Crippen LogP contribution < -0.4 is 5.32 Å². The highest BCUT2D eigenvalue weighted by atomic mass is 35.5. The smallest absolute Gasteiger partial charge is 0.252 e. The first kappa shape index (κ1) is 24.5. The molecule has 3 aromatic carbocycles. The van der Waals surface area contributed by atoms with E-state index in [0.29, 0.717) is 13.1 Å². The van der Waals surface area contributed by atoms with Gasteiger partial charge in [0.2, 0.25) is 10.0 Å². The molecule has 0 saturated carbocycles. The Balaban J connectivity index is 1.65. The van der Waals surface area contributed by atoms with Gasteiger partial charge >= 0.3 is 0 Å². The first-order valence-corrected chi connectivity index (χ1v) is 13.4. The van der Waals surface area contributed by atoms with Crippen LogP contribution in [0.15, 0.2) is 77.7 Å². The fourth-order valence-corrected chi connectivity index (χ4v) is 6.26. The Morgan fingerprint density at radius 3 is 2.15 bits per heavy atom. The van der Waals surface area contributed by atoms with Crippen LogP contribution in [0.5, 0.6) is 0 Å². The Morgan fingerprint density at radius 2 is 1.50 bits per heavy atom. The minimum Gasteiger partial charge on any atom is -0.341 e. The van der Waals surface area contributed by atoms with Crippen molar-refractivity contribution in [2.24, 2.45) is 0 Å². The highest BCUT2D eigenvalue weighted by Gasteiger charge is 2.28. The van der Waals surface area contributed by atoms with Gasteiger partial charge in [0.1, 0.15) is 4.90 Å². The van der Waals surface area contributed by atoms with Gasteiger partial charge in [0.05, 0.1) is 11.1 Å². The Hall–Kier alpha value is -2.67. The quantitative estimate of drug-likeness (QED) is 0.473. The summed E-state index contributed by atoms with van der Waals surface area (Å²) in [6, 6.07) is 21.8. The van der Waals surface area contributed by atoms with Crippen LogP contribution in [0.1, 0.15) is 58.8 Å². The lowest BCUT2D eigenvalue weighted by Gasteiger charge is -2.22. The van der Waals surface area contributed by atoms with Crippen LogP contribution in [0.25, 0.3) is 0 Å². The number of amides is 1. The summed E-state index contributed by atoms with van der Waals surface area (Å²) < 4.78 is 28.2. The summed E-state index contributed by atoms with van der Waals surface area (Å²) >= 11 is 6.32. The zero-order valence-electron chi connectivity index (χ0n) is 19.2. The second-order valence-corrected chi connectivity index (χ2v) is 11.0. The third-order valence-electron chi connectivity index (χ3n) is 6.20. The maximum atomic E-state index is 13.3. The summed E-state index contributed by atoms with van der Waals surface area (Å²) in [4.78, 5) is 13.3. The molecular weight excluding hydrogens is 468 g/mol. The molecule has 1 aliphatic rings. The highest BCUT2D eigenvalue weighted by molar-refractivity contribution is 7.89. The molecule has 1 atom stereocenters. The predicted molar refractivity (Wildman–Crippen MR) is 136 cm³/mol. The second-order valence-electron chi connectivity index (χ2n) is 8.69. The van der Waals surface area contributed by atoms with E-state index < -0.39 is 10.0 Å². The van der Waals surface area contributed by atoms with E-state index in [2.05, 4.69) is 5.32 Å². The van der Waals surface area contributed by atoms with Gasteiger partial charge in [0.25, 0.3) is 5.91 Å². The van der Waals surface area contributed by atoms with E-state index in [1.807, 2.05) is 61.5 Å². The second kappa shape index (κ2) is 10.7. The summed E-state index contributed by atoms with van der Waals surface area (Å²) in [6.45, 7) is 2.96. The van der Waals surface area contributed by atoms with Crippen molar-refractivity contribution in [1.82, 2.24) is 9.62 Å². The van der Waals surface area contributed by atoms with Crippen LogP contribution in [-0.2, 0) is 10.0 Å². The van der Waals surface area contributed by atoms with E-state index >= 15 is 0 Å². The molecule has 0 bridgehead atoms. The van der Waals surface area contributed by atoms with Crippen molar-refractivity contribution < 1.29 is 13.2 Å². The van der Waals surface area contributed by atoms with Crippen LogP contribution >= 0.6 is 11.6 Å². The molecule has 1 unspecified atom stereocenters. The van der Waals surface area contributed by atoms with Crippen molar-refractivity contribution in [1.29, 1.82) is 0 Å². The molecule has 0 aromatic heterocycles. The number of carbonyl (C=O) groups is 1. The van der Waals surface area contributed by atoms with Crippen LogP contribution in [0.4, 0.5) is 0 Å². The lowest BCUT2D eigenvalue weighted by Crippen LogP contribution is -2.33. The van der Waals surface area contributed by atoms with Crippen LogP contribution in [0.2, 0.25) is 5.02 Å². The van der Waals surface area contributed by atoms with E-state index in [9.17, 15) is 13.2 Å². The molecule has 1 heterocycles. The lowest BCUT2D eigenvalue weighted by molar-refractivity contribution is 0.0942. The molecule has 5 nitrogen and oxygen atoms in total. The molecule has 34 heavy (non-hydrogen) atoms. The van der Waals surface area contributed by atoms with Gasteiger partial charge in [-0.2, -0.15) is 4.31 Å². The van der Waals surface area contributed by atoms with Crippen molar-refractivity contribution in [2.45, 2.75) is 43.5 Å². The van der Waals surface area contributed by atoms with E-state index in [4.69, 9.17) is 11.6 Å². The molecule has 1 fully saturated rings. The van der Waals surface area contributed by atoms with Gasteiger partial charge in [-0.05, 0) is 49.1 Å². The summed E-state index contributed by atoms with van der Waals surface area (Å²) in [5, 5.41) is 3.21. The zero-order valence-corrected chi connectivity index (χ0v) is 20.8. The Kier molecular flexibility index (Phi) is 7.71. The topological polar surface area (TPSA) is 66.5 Å². The van der Waals surface area contributed by atoms with E-state index in [1.54, 1.807) is 6.07 Å². The molecule has 7 heteroatoms. The lowest BCUT2D eigenvalue weighted by atomic mass is 9.97. The molecule has 1 saturated heterocycles. The van der Waals surface area contributed by atoms with Gasteiger partial charge in [0, 0.05) is 18.7 Å². The Labute approximate surface area is 206 Å². The molecule has 0 aliphatic carbocycles. The third-order valence-corrected chi connectivity index (χ3v) is 8.58. The number of halogens is 1. The molecule has 1 amide bonds. The minimum atomic E-state index is -3.79. The molecule has 1 aliphatic heterocycles. The third kappa shape index (κ3) is 5.52. The van der Waals surface area contributed by atoms with Gasteiger partial charge in [-0.15, -0.1) is 0 Å². The van der Waals surface area contributed by atoms with Crippen molar-refractivity contribution in [3.05, 3.63) is 100 Å². The van der Waals surface area contributed by atoms with E-state index in [1.165, 1.54) is 16.4 Å². The molecule has 4 rings (SSSR count). The van der Waals surface area contributed by atoms with E-state index in [-0.39, 0.29) is 27.4 Å². The van der Waals surface area contributed by atoms with Gasteiger partial charge in [-0.3, -0.25) is 4.79 Å². The number of nitrogens with one attached hydrogen (secondary N) is 1. The van der Waals surface area contributed by atoms with Gasteiger partial charge in [0.15, 0.2) is 0 Å². The number of sulfonamides is 1. The number of aryl methyl sites for hydroxylation is 1. The van der Waals surface area contributed by atoms with Gasteiger partial charge in [-0.25, -0.2) is 8.42 Å². The first-order chi connectivity index (χ1) is 16.4. The zero-order chi connectivity index (χ0) is 24.1. The number of benzene rings is 3. The average molecular weight is 497 g/mol. The normalized spacial score (nSPS) is 15.9. The molecule has 0 radical (unpaired) electrons. The van der Waals surface area contributed by atoms with Crippen LogP contribution in [0.3, 0.4) is 0 Å². The van der Waals surface area contributed by atoms with Crippen LogP contribution in [-0.4, -0.2) is 31.7 Å². The SMILES string of the molecule is Cc1ccc(C(NC(=O)c2ccc(Cl)c(S(=O)(=O)N3CCCCCC3)c2)c2ccccc2)cc1. The van der Waals surface area contributed by atoms with Gasteiger partial charge < -0.3 is 5.32 Å². The summed E-state index contributed by atoms with van der Waals surface area (Å²) in [5.41, 5.74) is 3.26. The molecule has 0 spiro atoms. The summed E-state index contributed by atoms with van der Waals surface area (Å²) in [5.74, 6) is -0.363. The highest BCUT2D eigenvalue weighted by Crippen LogP contribution is 2.29. The fourth-order valence-electron chi connectivity index (χ4n) is 4.24. The van der Waals surface area contributed by atoms with Crippen LogP contribution in [0, 0.1) is 6.92 Å². The molecule has 178 valence electrons. The molecule has 3 aromatic rings. The Bertz CT molecular complexity index is 1240. The van der Waals surface area contributed by atoms with E-state index in [0.717, 1.165) is 42.4 Å². The number of rotatable bonds is 6.